The van der Waals surface area contributed by atoms with Crippen molar-refractivity contribution in [2.75, 3.05) is 19.6 Å². The summed E-state index contributed by atoms with van der Waals surface area (Å²) < 4.78 is 0. The van der Waals surface area contributed by atoms with E-state index in [1.807, 2.05) is 12.1 Å². The molecule has 5 rings (SSSR count). The van der Waals surface area contributed by atoms with Crippen molar-refractivity contribution < 1.29 is 14.7 Å². The molecule has 228 valence electrons. The zero-order chi connectivity index (χ0) is 30.4. The molecule has 1 N–H and O–H groups in total. The number of carbonyl (C=O) groups excluding carboxylic acids is 1. The van der Waals surface area contributed by atoms with E-state index in [-0.39, 0.29) is 5.78 Å². The Kier molecular flexibility index (Phi) is 10.1. The fourth-order valence-electron chi connectivity index (χ4n) is 6.74. The van der Waals surface area contributed by atoms with Gasteiger partial charge in [-0.15, -0.1) is 0 Å². The van der Waals surface area contributed by atoms with E-state index in [2.05, 4.69) is 71.3 Å². The smallest absolute Gasteiger partial charge is 0.313 e. The molecule has 0 spiro atoms. The number of ketones is 1. The second kappa shape index (κ2) is 14.0. The lowest BCUT2D eigenvalue weighted by atomic mass is 9.84. The summed E-state index contributed by atoms with van der Waals surface area (Å²) in [5.74, 6) is 0.147. The minimum Gasteiger partial charge on any atom is -0.481 e. The van der Waals surface area contributed by atoms with Gasteiger partial charge in [0.2, 0.25) is 0 Å². The van der Waals surface area contributed by atoms with Crippen LogP contribution in [0.25, 0.3) is 0 Å². The van der Waals surface area contributed by atoms with Crippen LogP contribution in [-0.2, 0) is 36.3 Å². The molecule has 0 aliphatic carbocycles. The van der Waals surface area contributed by atoms with Crippen LogP contribution in [0.1, 0.15) is 96.1 Å². The summed E-state index contributed by atoms with van der Waals surface area (Å²) >= 11 is 0. The maximum absolute atomic E-state index is 13.2. The predicted molar refractivity (Wildman–Crippen MR) is 173 cm³/mol. The summed E-state index contributed by atoms with van der Waals surface area (Å²) in [6.07, 6.45) is 7.23. The largest absolute Gasteiger partial charge is 0.481 e. The third kappa shape index (κ3) is 8.01. The predicted octanol–water partition coefficient (Wildman–Crippen LogP) is 7.57. The van der Waals surface area contributed by atoms with Gasteiger partial charge in [0.05, 0.1) is 5.41 Å². The van der Waals surface area contributed by atoms with Crippen molar-refractivity contribution in [1.29, 1.82) is 0 Å². The Morgan fingerprint density at radius 3 is 2.44 bits per heavy atom. The van der Waals surface area contributed by atoms with E-state index in [4.69, 9.17) is 0 Å². The van der Waals surface area contributed by atoms with E-state index in [0.717, 1.165) is 88.9 Å². The molecule has 0 bridgehead atoms. The number of hydrogen-bond acceptors (Lipinski definition) is 4. The molecule has 2 aliphatic heterocycles. The van der Waals surface area contributed by atoms with Gasteiger partial charge in [0, 0.05) is 31.6 Å². The average molecular weight is 581 g/mol. The molecule has 2 heterocycles. The molecule has 0 unspecified atom stereocenters. The van der Waals surface area contributed by atoms with Crippen LogP contribution in [0.2, 0.25) is 0 Å². The van der Waals surface area contributed by atoms with Gasteiger partial charge < -0.3 is 5.11 Å². The second-order valence-corrected chi connectivity index (χ2v) is 13.4. The number of carbonyl (C=O) groups is 2. The highest BCUT2D eigenvalue weighted by molar-refractivity contribution is 5.96. The van der Waals surface area contributed by atoms with E-state index in [0.29, 0.717) is 12.3 Å². The molecular formula is C38H48N2O3. The average Bonchev–Trinajstić information content (AvgIpc) is 3.20. The Balaban J connectivity index is 1.08. The van der Waals surface area contributed by atoms with Crippen LogP contribution in [0.4, 0.5) is 0 Å². The number of aliphatic carboxylic acids is 1. The van der Waals surface area contributed by atoms with E-state index in [9.17, 15) is 14.7 Å². The summed E-state index contributed by atoms with van der Waals surface area (Å²) in [5.41, 5.74) is 7.46. The van der Waals surface area contributed by atoms with E-state index >= 15 is 0 Å². The highest BCUT2D eigenvalue weighted by Crippen LogP contribution is 2.28. The summed E-state index contributed by atoms with van der Waals surface area (Å²) in [6, 6.07) is 23.1. The summed E-state index contributed by atoms with van der Waals surface area (Å²) in [6.45, 7) is 11.6. The highest BCUT2D eigenvalue weighted by Gasteiger charge is 2.29. The van der Waals surface area contributed by atoms with Crippen molar-refractivity contribution >= 4 is 11.8 Å². The number of rotatable bonds is 11. The molecule has 43 heavy (non-hydrogen) atoms. The number of hydrogen-bond donors (Lipinski definition) is 1. The molecule has 5 heteroatoms. The van der Waals surface area contributed by atoms with Gasteiger partial charge in [-0.25, -0.2) is 0 Å². The minimum atomic E-state index is -0.888. The first-order valence-corrected chi connectivity index (χ1v) is 16.2. The van der Waals surface area contributed by atoms with Crippen LogP contribution in [-0.4, -0.2) is 46.3 Å². The quantitative estimate of drug-likeness (QED) is 0.237. The Morgan fingerprint density at radius 1 is 0.884 bits per heavy atom. The van der Waals surface area contributed by atoms with Gasteiger partial charge in [-0.05, 0) is 124 Å². The Hall–Kier alpha value is -3.28. The van der Waals surface area contributed by atoms with Crippen LogP contribution in [0.3, 0.4) is 0 Å². The van der Waals surface area contributed by atoms with Gasteiger partial charge in [0.1, 0.15) is 0 Å². The number of fused-ring (bicyclic) bond motifs is 1. The summed E-state index contributed by atoms with van der Waals surface area (Å²) in [5, 5.41) is 9.59. The van der Waals surface area contributed by atoms with Gasteiger partial charge in [-0.1, -0.05) is 60.7 Å². The maximum atomic E-state index is 13.2. The van der Waals surface area contributed by atoms with Gasteiger partial charge in [0.25, 0.3) is 0 Å². The van der Waals surface area contributed by atoms with Gasteiger partial charge in [0.15, 0.2) is 5.78 Å². The highest BCUT2D eigenvalue weighted by atomic mass is 16.4. The van der Waals surface area contributed by atoms with Crippen molar-refractivity contribution in [3.8, 4) is 0 Å². The van der Waals surface area contributed by atoms with Crippen molar-refractivity contribution in [1.82, 2.24) is 9.80 Å². The number of nitrogens with zero attached hydrogens (tertiary/aromatic N) is 2. The number of benzene rings is 3. The number of carboxylic acids is 1. The van der Waals surface area contributed by atoms with Crippen LogP contribution in [0.15, 0.2) is 66.7 Å². The Labute approximate surface area is 257 Å². The normalized spacial score (nSPS) is 16.9. The number of likely N-dealkylation sites (tertiary alicyclic amines) is 1. The van der Waals surface area contributed by atoms with Gasteiger partial charge in [-0.3, -0.25) is 19.4 Å². The zero-order valence-electron chi connectivity index (χ0n) is 26.3. The second-order valence-electron chi connectivity index (χ2n) is 13.4. The Bertz CT molecular complexity index is 1420. The van der Waals surface area contributed by atoms with Crippen LogP contribution in [0.5, 0.6) is 0 Å². The van der Waals surface area contributed by atoms with Crippen molar-refractivity contribution in [3.63, 3.8) is 0 Å². The molecule has 2 aliphatic rings. The van der Waals surface area contributed by atoms with Crippen LogP contribution < -0.4 is 0 Å². The fourth-order valence-corrected chi connectivity index (χ4v) is 6.74. The third-order valence-corrected chi connectivity index (χ3v) is 9.81. The molecule has 0 aromatic heterocycles. The monoisotopic (exact) mass is 580 g/mol. The molecule has 0 radical (unpaired) electrons. The third-order valence-electron chi connectivity index (χ3n) is 9.81. The molecule has 0 amide bonds. The molecular weight excluding hydrogens is 532 g/mol. The molecule has 5 nitrogen and oxygen atoms in total. The first-order chi connectivity index (χ1) is 20.7. The first kappa shape index (κ1) is 31.2. The number of Topliss-reactive ketones (excluding diaryl/α,β-unsaturated/α-hetero) is 1. The molecule has 1 fully saturated rings. The van der Waals surface area contributed by atoms with Gasteiger partial charge >= 0.3 is 5.97 Å². The van der Waals surface area contributed by atoms with E-state index in [1.54, 1.807) is 13.8 Å². The lowest BCUT2D eigenvalue weighted by molar-refractivity contribution is -0.142. The SMILES string of the molecule is Cc1ccccc1CN1CCCc2ccc(C(=O)CCCC3CCN(Cc4cccc(C(C)(C)C(=O)O)c4)CC3)cc2C1. The molecule has 1 saturated heterocycles. The lowest BCUT2D eigenvalue weighted by Crippen LogP contribution is -2.33. The summed E-state index contributed by atoms with van der Waals surface area (Å²) in [4.78, 5) is 29.9. The van der Waals surface area contributed by atoms with Crippen LogP contribution in [0, 0.1) is 12.8 Å². The maximum Gasteiger partial charge on any atom is 0.313 e. The summed E-state index contributed by atoms with van der Waals surface area (Å²) in [7, 11) is 0. The first-order valence-electron chi connectivity index (χ1n) is 16.2. The van der Waals surface area contributed by atoms with E-state index < -0.39 is 11.4 Å². The number of piperidine rings is 1. The number of aryl methyl sites for hydroxylation is 2. The fraction of sp³-hybridized carbons (Fsp3) is 0.474. The van der Waals surface area contributed by atoms with Crippen LogP contribution >= 0.6 is 0 Å². The van der Waals surface area contributed by atoms with E-state index in [1.165, 1.54) is 27.8 Å². The molecule has 0 atom stereocenters. The molecule has 3 aromatic rings. The zero-order valence-corrected chi connectivity index (χ0v) is 26.3. The molecule has 3 aromatic carbocycles. The topological polar surface area (TPSA) is 60.9 Å². The lowest BCUT2D eigenvalue weighted by Gasteiger charge is -2.32. The van der Waals surface area contributed by atoms with Crippen molar-refractivity contribution in [2.24, 2.45) is 5.92 Å². The number of carboxylic acid groups (broad SMARTS) is 1. The van der Waals surface area contributed by atoms with Crippen molar-refractivity contribution in [2.45, 2.75) is 90.8 Å². The van der Waals surface area contributed by atoms with Crippen molar-refractivity contribution in [3.05, 3.63) is 106 Å². The standard InChI is InChI=1S/C38H48N2O3/c1-28-9-4-5-12-33(28)26-40-20-8-13-31-16-17-32(24-34(31)27-40)36(41)15-7-10-29-18-21-39(22-19-29)25-30-11-6-14-35(23-30)38(2,3)37(42)43/h4-6,9,11-12,14,16-17,23-24,29H,7-8,10,13,15,18-22,25-27H2,1-3H3,(H,42,43). The molecule has 0 saturated carbocycles. The van der Waals surface area contributed by atoms with Gasteiger partial charge in [-0.2, -0.15) is 0 Å². The minimum absolute atomic E-state index is 0.277. The Morgan fingerprint density at radius 2 is 1.67 bits per heavy atom.